The van der Waals surface area contributed by atoms with Gasteiger partial charge in [0.2, 0.25) is 0 Å². The minimum absolute atomic E-state index is 0.0579. The Bertz CT molecular complexity index is 895. The predicted octanol–water partition coefficient (Wildman–Crippen LogP) is 3.23. The second kappa shape index (κ2) is 6.65. The van der Waals surface area contributed by atoms with Crippen LogP contribution in [0.2, 0.25) is 0 Å². The molecule has 0 saturated carbocycles. The molecular weight excluding hydrogens is 312 g/mol. The summed E-state index contributed by atoms with van der Waals surface area (Å²) in [6, 6.07) is 18.1. The van der Waals surface area contributed by atoms with Crippen LogP contribution in [-0.4, -0.2) is 40.1 Å². The van der Waals surface area contributed by atoms with Crippen molar-refractivity contribution < 1.29 is 9.90 Å². The maximum absolute atomic E-state index is 12.5. The Hall–Kier alpha value is -2.72. The number of hydrogen-bond donors (Lipinski definition) is 1. The van der Waals surface area contributed by atoms with Crippen LogP contribution in [0.1, 0.15) is 28.3 Å². The zero-order valence-electron chi connectivity index (χ0n) is 13.9. The number of carbonyl (C=O) groups is 1. The van der Waals surface area contributed by atoms with Gasteiger partial charge in [-0.15, -0.1) is 0 Å². The lowest BCUT2D eigenvalue weighted by molar-refractivity contribution is 0.0382. The molecular formula is C21H20N2O2. The first-order valence-electron chi connectivity index (χ1n) is 8.58. The van der Waals surface area contributed by atoms with E-state index in [2.05, 4.69) is 35.3 Å². The van der Waals surface area contributed by atoms with Crippen LogP contribution >= 0.6 is 0 Å². The summed E-state index contributed by atoms with van der Waals surface area (Å²) in [6.45, 7) is 0.994. The summed E-state index contributed by atoms with van der Waals surface area (Å²) in [5.74, 6) is -0.00772. The normalized spacial score (nSPS) is 20.6. The molecule has 1 N–H and O–H groups in total. The SMILES string of the molecule is O=C(c1cccnc1)N1CCC(c2ccc3ccccc3c2)C(O)C1. The summed E-state index contributed by atoms with van der Waals surface area (Å²) in [6.07, 6.45) is 3.42. The number of aliphatic hydroxyl groups excluding tert-OH is 1. The second-order valence-corrected chi connectivity index (χ2v) is 6.56. The average molecular weight is 332 g/mol. The largest absolute Gasteiger partial charge is 0.391 e. The fourth-order valence-electron chi connectivity index (χ4n) is 3.62. The first kappa shape index (κ1) is 15.8. The number of fused-ring (bicyclic) bond motifs is 1. The van der Waals surface area contributed by atoms with Gasteiger partial charge in [0, 0.05) is 31.4 Å². The highest BCUT2D eigenvalue weighted by Crippen LogP contribution is 2.31. The lowest BCUT2D eigenvalue weighted by Crippen LogP contribution is -2.45. The summed E-state index contributed by atoms with van der Waals surface area (Å²) in [4.78, 5) is 18.3. The predicted molar refractivity (Wildman–Crippen MR) is 97.5 cm³/mol. The van der Waals surface area contributed by atoms with Crippen LogP contribution in [0.15, 0.2) is 67.0 Å². The van der Waals surface area contributed by atoms with Gasteiger partial charge in [0.05, 0.1) is 11.7 Å². The Labute approximate surface area is 146 Å². The molecule has 1 aliphatic heterocycles. The van der Waals surface area contributed by atoms with Gasteiger partial charge in [-0.25, -0.2) is 0 Å². The van der Waals surface area contributed by atoms with E-state index >= 15 is 0 Å². The number of likely N-dealkylation sites (tertiary alicyclic amines) is 1. The highest BCUT2D eigenvalue weighted by Gasteiger charge is 2.31. The van der Waals surface area contributed by atoms with E-state index < -0.39 is 6.10 Å². The smallest absolute Gasteiger partial charge is 0.255 e. The molecule has 3 aromatic rings. The molecule has 0 radical (unpaired) electrons. The van der Waals surface area contributed by atoms with Gasteiger partial charge >= 0.3 is 0 Å². The fraction of sp³-hybridized carbons (Fsp3) is 0.238. The third kappa shape index (κ3) is 3.13. The van der Waals surface area contributed by atoms with Gasteiger partial charge in [-0.05, 0) is 34.9 Å². The van der Waals surface area contributed by atoms with E-state index in [0.29, 0.717) is 18.7 Å². The van der Waals surface area contributed by atoms with Gasteiger partial charge in [-0.3, -0.25) is 9.78 Å². The molecule has 0 bridgehead atoms. The van der Waals surface area contributed by atoms with Crippen LogP contribution in [0, 0.1) is 0 Å². The summed E-state index contributed by atoms with van der Waals surface area (Å²) in [5.41, 5.74) is 1.71. The van der Waals surface area contributed by atoms with E-state index in [1.807, 2.05) is 12.1 Å². The van der Waals surface area contributed by atoms with Crippen molar-refractivity contribution >= 4 is 16.7 Å². The van der Waals surface area contributed by atoms with Crippen LogP contribution in [0.3, 0.4) is 0 Å². The molecule has 1 aromatic heterocycles. The zero-order valence-corrected chi connectivity index (χ0v) is 13.9. The number of nitrogens with zero attached hydrogens (tertiary/aromatic N) is 2. The number of aliphatic hydroxyl groups is 1. The third-order valence-electron chi connectivity index (χ3n) is 4.98. The van der Waals surface area contributed by atoms with E-state index in [1.165, 1.54) is 10.8 Å². The first-order valence-corrected chi connectivity index (χ1v) is 8.58. The number of β-amino-alcohol motifs (C(OH)–C–C–N with tert-alkyl or cyclic N) is 1. The van der Waals surface area contributed by atoms with Crippen LogP contribution in [0.4, 0.5) is 0 Å². The van der Waals surface area contributed by atoms with Crippen LogP contribution in [0.25, 0.3) is 10.8 Å². The molecule has 2 unspecified atom stereocenters. The molecule has 0 aliphatic carbocycles. The van der Waals surface area contributed by atoms with Crippen molar-refractivity contribution in [3.05, 3.63) is 78.1 Å². The number of amides is 1. The second-order valence-electron chi connectivity index (χ2n) is 6.56. The van der Waals surface area contributed by atoms with Crippen molar-refractivity contribution in [2.24, 2.45) is 0 Å². The number of piperidine rings is 1. The maximum atomic E-state index is 12.5. The number of carbonyl (C=O) groups excluding carboxylic acids is 1. The minimum atomic E-state index is -0.560. The topological polar surface area (TPSA) is 53.4 Å². The van der Waals surface area contributed by atoms with Gasteiger partial charge in [-0.1, -0.05) is 42.5 Å². The Balaban J connectivity index is 1.52. The molecule has 1 amide bonds. The molecule has 2 heterocycles. The highest BCUT2D eigenvalue weighted by atomic mass is 16.3. The Morgan fingerprint density at radius 3 is 2.68 bits per heavy atom. The molecule has 1 aliphatic rings. The van der Waals surface area contributed by atoms with E-state index in [0.717, 1.165) is 12.0 Å². The van der Waals surface area contributed by atoms with Crippen molar-refractivity contribution in [3.63, 3.8) is 0 Å². The molecule has 2 aromatic carbocycles. The average Bonchev–Trinajstić information content (AvgIpc) is 2.67. The van der Waals surface area contributed by atoms with Gasteiger partial charge in [-0.2, -0.15) is 0 Å². The van der Waals surface area contributed by atoms with Gasteiger partial charge in [0.15, 0.2) is 0 Å². The van der Waals surface area contributed by atoms with Gasteiger partial charge in [0.25, 0.3) is 5.91 Å². The van der Waals surface area contributed by atoms with Crippen molar-refractivity contribution in [2.45, 2.75) is 18.4 Å². The van der Waals surface area contributed by atoms with Crippen molar-refractivity contribution in [2.75, 3.05) is 13.1 Å². The lowest BCUT2D eigenvalue weighted by atomic mass is 9.86. The van der Waals surface area contributed by atoms with E-state index in [1.54, 1.807) is 29.4 Å². The molecule has 1 fully saturated rings. The van der Waals surface area contributed by atoms with Crippen LogP contribution < -0.4 is 0 Å². The van der Waals surface area contributed by atoms with Crippen LogP contribution in [0.5, 0.6) is 0 Å². The van der Waals surface area contributed by atoms with E-state index in [9.17, 15) is 9.90 Å². The number of benzene rings is 2. The van der Waals surface area contributed by atoms with Crippen molar-refractivity contribution in [3.8, 4) is 0 Å². The molecule has 2 atom stereocenters. The quantitative estimate of drug-likeness (QED) is 0.784. The number of rotatable bonds is 2. The lowest BCUT2D eigenvalue weighted by Gasteiger charge is -2.36. The highest BCUT2D eigenvalue weighted by molar-refractivity contribution is 5.94. The summed E-state index contributed by atoms with van der Waals surface area (Å²) in [7, 11) is 0. The Kier molecular flexibility index (Phi) is 4.20. The number of pyridine rings is 1. The van der Waals surface area contributed by atoms with E-state index in [-0.39, 0.29) is 11.8 Å². The maximum Gasteiger partial charge on any atom is 0.255 e. The zero-order chi connectivity index (χ0) is 17.2. The summed E-state index contributed by atoms with van der Waals surface area (Å²) in [5, 5.41) is 13.0. The van der Waals surface area contributed by atoms with Crippen molar-refractivity contribution in [1.82, 2.24) is 9.88 Å². The number of aromatic nitrogens is 1. The Morgan fingerprint density at radius 1 is 1.08 bits per heavy atom. The minimum Gasteiger partial charge on any atom is -0.391 e. The van der Waals surface area contributed by atoms with Gasteiger partial charge < -0.3 is 10.0 Å². The molecule has 4 rings (SSSR count). The van der Waals surface area contributed by atoms with Crippen molar-refractivity contribution in [1.29, 1.82) is 0 Å². The Morgan fingerprint density at radius 2 is 1.92 bits per heavy atom. The fourth-order valence-corrected chi connectivity index (χ4v) is 3.62. The molecule has 4 heteroatoms. The number of hydrogen-bond acceptors (Lipinski definition) is 3. The third-order valence-corrected chi connectivity index (χ3v) is 4.98. The monoisotopic (exact) mass is 332 g/mol. The first-order chi connectivity index (χ1) is 12.2. The van der Waals surface area contributed by atoms with E-state index in [4.69, 9.17) is 0 Å². The summed E-state index contributed by atoms with van der Waals surface area (Å²) < 4.78 is 0. The summed E-state index contributed by atoms with van der Waals surface area (Å²) >= 11 is 0. The van der Waals surface area contributed by atoms with Gasteiger partial charge in [0.1, 0.15) is 0 Å². The molecule has 4 nitrogen and oxygen atoms in total. The molecule has 1 saturated heterocycles. The molecule has 25 heavy (non-hydrogen) atoms. The van der Waals surface area contributed by atoms with Crippen LogP contribution in [-0.2, 0) is 0 Å². The standard InChI is InChI=1S/C21H20N2O2/c24-20-14-23(21(25)18-6-3-10-22-13-18)11-9-19(20)17-8-7-15-4-1-2-5-16(15)12-17/h1-8,10,12-13,19-20,24H,9,11,14H2. The molecule has 0 spiro atoms. The molecule has 126 valence electrons.